The zero-order valence-electron chi connectivity index (χ0n) is 13.7. The standard InChI is InChI=1S/C19H20N2O3S/c22-16-7-3-1-5-14(16)19(24)21-11-9-13(10-12-21)20-18(23)15-6-2-4-8-17(15)25/h1-8,13,22,25H,9-12H2,(H,20,23). The number of nitrogens with one attached hydrogen (secondary N) is 1. The van der Waals surface area contributed by atoms with Crippen molar-refractivity contribution in [3.8, 4) is 5.75 Å². The van der Waals surface area contributed by atoms with Crippen LogP contribution in [0.1, 0.15) is 33.6 Å². The van der Waals surface area contributed by atoms with E-state index in [1.807, 2.05) is 12.1 Å². The summed E-state index contributed by atoms with van der Waals surface area (Å²) in [7, 11) is 0. The molecule has 0 atom stereocenters. The zero-order valence-corrected chi connectivity index (χ0v) is 14.6. The minimum Gasteiger partial charge on any atom is -0.507 e. The van der Waals surface area contributed by atoms with Crippen LogP contribution in [0.5, 0.6) is 5.75 Å². The second kappa shape index (κ2) is 7.61. The van der Waals surface area contributed by atoms with Gasteiger partial charge in [-0.25, -0.2) is 0 Å². The molecule has 0 spiro atoms. The quantitative estimate of drug-likeness (QED) is 0.741. The van der Waals surface area contributed by atoms with E-state index in [1.165, 1.54) is 6.07 Å². The Morgan fingerprint density at radius 2 is 1.60 bits per heavy atom. The first-order valence-corrected chi connectivity index (χ1v) is 8.67. The summed E-state index contributed by atoms with van der Waals surface area (Å²) in [5.74, 6) is -0.326. The van der Waals surface area contributed by atoms with Crippen LogP contribution < -0.4 is 5.32 Å². The van der Waals surface area contributed by atoms with Crippen LogP contribution in [0.2, 0.25) is 0 Å². The van der Waals surface area contributed by atoms with Gasteiger partial charge in [-0.3, -0.25) is 9.59 Å². The Labute approximate surface area is 152 Å². The second-order valence-corrected chi connectivity index (χ2v) is 6.56. The van der Waals surface area contributed by atoms with Gasteiger partial charge in [0.25, 0.3) is 11.8 Å². The summed E-state index contributed by atoms with van der Waals surface area (Å²) in [6.07, 6.45) is 1.36. The summed E-state index contributed by atoms with van der Waals surface area (Å²) in [5, 5.41) is 12.8. The lowest BCUT2D eigenvalue weighted by Gasteiger charge is -2.32. The maximum Gasteiger partial charge on any atom is 0.257 e. The molecule has 1 fully saturated rings. The third kappa shape index (κ3) is 3.96. The maximum atomic E-state index is 12.5. The summed E-state index contributed by atoms with van der Waals surface area (Å²) in [5.41, 5.74) is 0.868. The summed E-state index contributed by atoms with van der Waals surface area (Å²) in [6.45, 7) is 1.08. The maximum absolute atomic E-state index is 12.5. The molecule has 0 radical (unpaired) electrons. The van der Waals surface area contributed by atoms with E-state index in [0.29, 0.717) is 42.0 Å². The van der Waals surface area contributed by atoms with Crippen molar-refractivity contribution in [2.24, 2.45) is 0 Å². The highest BCUT2D eigenvalue weighted by Gasteiger charge is 2.26. The molecular weight excluding hydrogens is 336 g/mol. The molecule has 6 heteroatoms. The van der Waals surface area contributed by atoms with Crippen LogP contribution in [-0.2, 0) is 0 Å². The van der Waals surface area contributed by atoms with Gasteiger partial charge in [0.2, 0.25) is 0 Å². The lowest BCUT2D eigenvalue weighted by Crippen LogP contribution is -2.46. The van der Waals surface area contributed by atoms with Gasteiger partial charge >= 0.3 is 0 Å². The van der Waals surface area contributed by atoms with Gasteiger partial charge in [0.1, 0.15) is 5.75 Å². The monoisotopic (exact) mass is 356 g/mol. The number of carbonyl (C=O) groups is 2. The number of para-hydroxylation sites is 1. The number of carbonyl (C=O) groups excluding carboxylic acids is 2. The van der Waals surface area contributed by atoms with Crippen LogP contribution >= 0.6 is 12.6 Å². The van der Waals surface area contributed by atoms with Crippen molar-refractivity contribution >= 4 is 24.4 Å². The van der Waals surface area contributed by atoms with Crippen molar-refractivity contribution in [1.82, 2.24) is 10.2 Å². The molecule has 1 aliphatic heterocycles. The van der Waals surface area contributed by atoms with E-state index in [2.05, 4.69) is 17.9 Å². The molecule has 0 unspecified atom stereocenters. The van der Waals surface area contributed by atoms with Gasteiger partial charge in [-0.05, 0) is 37.1 Å². The summed E-state index contributed by atoms with van der Waals surface area (Å²) < 4.78 is 0. The molecule has 2 aromatic carbocycles. The molecule has 0 aliphatic carbocycles. The first-order chi connectivity index (χ1) is 12.1. The fourth-order valence-corrected chi connectivity index (χ4v) is 3.24. The Balaban J connectivity index is 1.57. The van der Waals surface area contributed by atoms with Gasteiger partial charge in [-0.15, -0.1) is 12.6 Å². The molecule has 25 heavy (non-hydrogen) atoms. The minimum atomic E-state index is -0.177. The van der Waals surface area contributed by atoms with E-state index in [0.717, 1.165) is 0 Å². The predicted molar refractivity (Wildman–Crippen MR) is 98.2 cm³/mol. The molecule has 3 rings (SSSR count). The van der Waals surface area contributed by atoms with Gasteiger partial charge in [0.05, 0.1) is 11.1 Å². The van der Waals surface area contributed by atoms with Crippen LogP contribution in [0.15, 0.2) is 53.4 Å². The molecule has 5 nitrogen and oxygen atoms in total. The largest absolute Gasteiger partial charge is 0.507 e. The smallest absolute Gasteiger partial charge is 0.257 e. The molecular formula is C19H20N2O3S. The molecule has 0 aromatic heterocycles. The Bertz CT molecular complexity index is 786. The van der Waals surface area contributed by atoms with Crippen LogP contribution in [0.25, 0.3) is 0 Å². The molecule has 0 saturated carbocycles. The number of thiol groups is 1. The molecule has 0 bridgehead atoms. The number of hydrogen-bond donors (Lipinski definition) is 3. The third-order valence-electron chi connectivity index (χ3n) is 4.40. The van der Waals surface area contributed by atoms with Gasteiger partial charge in [-0.2, -0.15) is 0 Å². The van der Waals surface area contributed by atoms with Gasteiger partial charge in [0.15, 0.2) is 0 Å². The van der Waals surface area contributed by atoms with Gasteiger partial charge < -0.3 is 15.3 Å². The Hall–Kier alpha value is -2.47. The van der Waals surface area contributed by atoms with Crippen molar-refractivity contribution < 1.29 is 14.7 Å². The predicted octanol–water partition coefficient (Wildman–Crippen LogP) is 2.72. The third-order valence-corrected chi connectivity index (χ3v) is 4.79. The van der Waals surface area contributed by atoms with Crippen LogP contribution in [-0.4, -0.2) is 41.0 Å². The molecule has 1 saturated heterocycles. The number of phenolic OH excluding ortho intramolecular Hbond substituents is 1. The topological polar surface area (TPSA) is 69.6 Å². The lowest BCUT2D eigenvalue weighted by atomic mass is 10.0. The highest BCUT2D eigenvalue weighted by Crippen LogP contribution is 2.21. The molecule has 1 aliphatic rings. The zero-order chi connectivity index (χ0) is 17.8. The van der Waals surface area contributed by atoms with Crippen molar-refractivity contribution in [1.29, 1.82) is 0 Å². The SMILES string of the molecule is O=C(NC1CCN(C(=O)c2ccccc2O)CC1)c1ccccc1S. The number of hydrogen-bond acceptors (Lipinski definition) is 4. The van der Waals surface area contributed by atoms with E-state index in [9.17, 15) is 14.7 Å². The van der Waals surface area contributed by atoms with Crippen LogP contribution in [0, 0.1) is 0 Å². The average molecular weight is 356 g/mol. The fraction of sp³-hybridized carbons (Fsp3) is 0.263. The van der Waals surface area contributed by atoms with Crippen molar-refractivity contribution in [3.63, 3.8) is 0 Å². The van der Waals surface area contributed by atoms with Crippen molar-refractivity contribution in [2.45, 2.75) is 23.8 Å². The number of piperidine rings is 1. The van der Waals surface area contributed by atoms with Gasteiger partial charge in [-0.1, -0.05) is 24.3 Å². The number of rotatable bonds is 3. The Morgan fingerprint density at radius 1 is 1.00 bits per heavy atom. The van der Waals surface area contributed by atoms with E-state index >= 15 is 0 Å². The molecule has 1 heterocycles. The highest BCUT2D eigenvalue weighted by atomic mass is 32.1. The van der Waals surface area contributed by atoms with Crippen LogP contribution in [0.4, 0.5) is 0 Å². The number of nitrogens with zero attached hydrogens (tertiary/aromatic N) is 1. The van der Waals surface area contributed by atoms with E-state index in [1.54, 1.807) is 35.2 Å². The summed E-state index contributed by atoms with van der Waals surface area (Å²) >= 11 is 4.31. The number of benzene rings is 2. The molecule has 2 amide bonds. The first-order valence-electron chi connectivity index (χ1n) is 8.22. The minimum absolute atomic E-state index is 0.00619. The number of phenols is 1. The van der Waals surface area contributed by atoms with Gasteiger partial charge in [0, 0.05) is 24.0 Å². The average Bonchev–Trinajstić information content (AvgIpc) is 2.62. The normalized spacial score (nSPS) is 15.0. The van der Waals surface area contributed by atoms with Crippen molar-refractivity contribution in [2.75, 3.05) is 13.1 Å². The number of aromatic hydroxyl groups is 1. The molecule has 2 aromatic rings. The first kappa shape index (κ1) is 17.4. The number of amides is 2. The second-order valence-electron chi connectivity index (χ2n) is 6.07. The lowest BCUT2D eigenvalue weighted by molar-refractivity contribution is 0.0695. The van der Waals surface area contributed by atoms with E-state index < -0.39 is 0 Å². The molecule has 130 valence electrons. The summed E-state index contributed by atoms with van der Waals surface area (Å²) in [4.78, 5) is 27.2. The van der Waals surface area contributed by atoms with Crippen molar-refractivity contribution in [3.05, 3.63) is 59.7 Å². The Kier molecular flexibility index (Phi) is 5.28. The highest BCUT2D eigenvalue weighted by molar-refractivity contribution is 7.80. The van der Waals surface area contributed by atoms with Crippen LogP contribution in [0.3, 0.4) is 0 Å². The van der Waals surface area contributed by atoms with E-state index in [4.69, 9.17) is 0 Å². The molecule has 2 N–H and O–H groups in total. The van der Waals surface area contributed by atoms with E-state index in [-0.39, 0.29) is 23.6 Å². The Morgan fingerprint density at radius 3 is 2.24 bits per heavy atom. The number of likely N-dealkylation sites (tertiary alicyclic amines) is 1. The summed E-state index contributed by atoms with van der Waals surface area (Å²) in [6, 6.07) is 13.7. The fourth-order valence-electron chi connectivity index (χ4n) is 2.98.